The average Bonchev–Trinajstić information content (AvgIpc) is 3.67. The standard InChI is InChI=1S/C49H33N3/c1-49(2)41-25-11-10-20-35(41)36-21-12-22-37(44(36)49)38-23-13-24-39-43-33-18-8-6-14-30(33)27-29-42(43)52(47(38)39)48-50-45(32-16-4-3-5-17-32)40-28-26-31-15-7-9-19-34(31)46(40)51-48/h3-29H,1-2H3. The Hall–Kier alpha value is -6.58. The zero-order valence-corrected chi connectivity index (χ0v) is 28.9. The van der Waals surface area contributed by atoms with Crippen LogP contribution in [-0.4, -0.2) is 14.5 Å². The van der Waals surface area contributed by atoms with Crippen molar-refractivity contribution in [3.05, 3.63) is 175 Å². The predicted molar refractivity (Wildman–Crippen MR) is 217 cm³/mol. The van der Waals surface area contributed by atoms with Gasteiger partial charge >= 0.3 is 0 Å². The lowest BCUT2D eigenvalue weighted by atomic mass is 9.78. The molecule has 8 aromatic carbocycles. The number of para-hydroxylation sites is 1. The van der Waals surface area contributed by atoms with Crippen molar-refractivity contribution in [2.24, 2.45) is 0 Å². The van der Waals surface area contributed by atoms with E-state index in [1.807, 2.05) is 0 Å². The van der Waals surface area contributed by atoms with Crippen LogP contribution in [0.25, 0.3) is 93.7 Å². The summed E-state index contributed by atoms with van der Waals surface area (Å²) >= 11 is 0. The van der Waals surface area contributed by atoms with Crippen LogP contribution >= 0.6 is 0 Å². The first-order chi connectivity index (χ1) is 25.6. The van der Waals surface area contributed by atoms with E-state index in [4.69, 9.17) is 9.97 Å². The molecular weight excluding hydrogens is 631 g/mol. The average molecular weight is 664 g/mol. The van der Waals surface area contributed by atoms with Crippen LogP contribution < -0.4 is 0 Å². The zero-order valence-electron chi connectivity index (χ0n) is 28.9. The van der Waals surface area contributed by atoms with E-state index in [1.54, 1.807) is 0 Å². The maximum atomic E-state index is 5.53. The Morgan fingerprint density at radius 2 is 1.08 bits per heavy atom. The number of hydrogen-bond acceptors (Lipinski definition) is 2. The Kier molecular flexibility index (Phi) is 6.01. The summed E-state index contributed by atoms with van der Waals surface area (Å²) < 4.78 is 2.34. The molecule has 0 aliphatic heterocycles. The number of fused-ring (bicyclic) bond motifs is 11. The van der Waals surface area contributed by atoms with Crippen LogP contribution in [-0.2, 0) is 5.41 Å². The molecule has 0 unspecified atom stereocenters. The molecule has 244 valence electrons. The number of hydrogen-bond donors (Lipinski definition) is 0. The highest BCUT2D eigenvalue weighted by Gasteiger charge is 2.38. The van der Waals surface area contributed by atoms with Gasteiger partial charge in [0.25, 0.3) is 0 Å². The lowest BCUT2D eigenvalue weighted by Crippen LogP contribution is -2.16. The van der Waals surface area contributed by atoms with Crippen molar-refractivity contribution in [3.63, 3.8) is 0 Å². The summed E-state index contributed by atoms with van der Waals surface area (Å²) in [4.78, 5) is 11.1. The number of benzene rings is 8. The topological polar surface area (TPSA) is 30.7 Å². The molecule has 2 heterocycles. The highest BCUT2D eigenvalue weighted by molar-refractivity contribution is 6.23. The van der Waals surface area contributed by atoms with Gasteiger partial charge in [-0.2, -0.15) is 0 Å². The molecule has 2 aromatic heterocycles. The molecule has 0 fully saturated rings. The molecule has 0 spiro atoms. The first kappa shape index (κ1) is 29.2. The maximum absolute atomic E-state index is 5.53. The first-order valence-electron chi connectivity index (χ1n) is 18.0. The van der Waals surface area contributed by atoms with Crippen LogP contribution in [0.3, 0.4) is 0 Å². The van der Waals surface area contributed by atoms with Crippen molar-refractivity contribution in [2.75, 3.05) is 0 Å². The third-order valence-corrected chi connectivity index (χ3v) is 11.4. The molecule has 3 heteroatoms. The fraction of sp³-hybridized carbons (Fsp3) is 0.0612. The fourth-order valence-electron chi connectivity index (χ4n) is 9.10. The normalized spacial score (nSPS) is 13.3. The van der Waals surface area contributed by atoms with Crippen molar-refractivity contribution in [1.82, 2.24) is 14.5 Å². The Labute approximate surface area is 301 Å². The largest absolute Gasteiger partial charge is 0.277 e. The van der Waals surface area contributed by atoms with Crippen molar-refractivity contribution in [3.8, 4) is 39.5 Å². The van der Waals surface area contributed by atoms with Crippen molar-refractivity contribution < 1.29 is 0 Å². The second-order valence-electron chi connectivity index (χ2n) is 14.5. The summed E-state index contributed by atoms with van der Waals surface area (Å²) in [5, 5.41) is 8.17. The summed E-state index contributed by atoms with van der Waals surface area (Å²) in [7, 11) is 0. The Balaban J connectivity index is 1.32. The van der Waals surface area contributed by atoms with Crippen LogP contribution in [0.1, 0.15) is 25.0 Å². The van der Waals surface area contributed by atoms with E-state index in [9.17, 15) is 0 Å². The van der Waals surface area contributed by atoms with E-state index in [0.29, 0.717) is 5.95 Å². The molecule has 3 nitrogen and oxygen atoms in total. The molecule has 52 heavy (non-hydrogen) atoms. The molecule has 10 aromatic rings. The lowest BCUT2D eigenvalue weighted by molar-refractivity contribution is 0.662. The van der Waals surface area contributed by atoms with Gasteiger partial charge in [-0.05, 0) is 56.1 Å². The van der Waals surface area contributed by atoms with Gasteiger partial charge in [-0.25, -0.2) is 9.97 Å². The SMILES string of the molecule is CC1(C)c2ccccc2-c2cccc(-c3cccc4c5c6ccccc6ccc5n(-c5nc(-c6ccccc6)c6ccc7ccccc7c6n5)c34)c21. The van der Waals surface area contributed by atoms with Gasteiger partial charge in [0.1, 0.15) is 0 Å². The summed E-state index contributed by atoms with van der Waals surface area (Å²) in [6, 6.07) is 59.2. The van der Waals surface area contributed by atoms with Crippen LogP contribution in [0.2, 0.25) is 0 Å². The number of rotatable bonds is 3. The fourth-order valence-corrected chi connectivity index (χ4v) is 9.10. The molecule has 0 atom stereocenters. The quantitative estimate of drug-likeness (QED) is 0.176. The van der Waals surface area contributed by atoms with Crippen LogP contribution in [0, 0.1) is 0 Å². The molecular formula is C49H33N3. The van der Waals surface area contributed by atoms with Crippen molar-refractivity contribution in [2.45, 2.75) is 19.3 Å². The molecule has 0 amide bonds. The van der Waals surface area contributed by atoms with Gasteiger partial charge in [-0.3, -0.25) is 4.57 Å². The summed E-state index contributed by atoms with van der Waals surface area (Å²) in [5.41, 5.74) is 12.8. The highest BCUT2D eigenvalue weighted by Crippen LogP contribution is 2.53. The molecule has 0 bridgehead atoms. The number of nitrogens with zero attached hydrogens (tertiary/aromatic N) is 3. The van der Waals surface area contributed by atoms with Gasteiger partial charge in [0, 0.05) is 38.1 Å². The number of aromatic nitrogens is 3. The van der Waals surface area contributed by atoms with E-state index in [-0.39, 0.29) is 5.41 Å². The third kappa shape index (κ3) is 3.96. The van der Waals surface area contributed by atoms with E-state index in [1.165, 1.54) is 54.9 Å². The Bertz CT molecular complexity index is 3100. The maximum Gasteiger partial charge on any atom is 0.235 e. The monoisotopic (exact) mass is 663 g/mol. The summed E-state index contributed by atoms with van der Waals surface area (Å²) in [5.74, 6) is 0.667. The minimum Gasteiger partial charge on any atom is -0.277 e. The van der Waals surface area contributed by atoms with Gasteiger partial charge in [-0.1, -0.05) is 166 Å². The lowest BCUT2D eigenvalue weighted by Gasteiger charge is -2.25. The van der Waals surface area contributed by atoms with E-state index in [0.717, 1.165) is 44.0 Å². The highest BCUT2D eigenvalue weighted by atomic mass is 15.2. The molecule has 11 rings (SSSR count). The van der Waals surface area contributed by atoms with Gasteiger partial charge in [0.2, 0.25) is 5.95 Å². The van der Waals surface area contributed by atoms with Gasteiger partial charge < -0.3 is 0 Å². The van der Waals surface area contributed by atoms with E-state index < -0.39 is 0 Å². The van der Waals surface area contributed by atoms with Gasteiger partial charge in [-0.15, -0.1) is 0 Å². The van der Waals surface area contributed by atoms with Gasteiger partial charge in [0.05, 0.1) is 22.2 Å². The van der Waals surface area contributed by atoms with Crippen molar-refractivity contribution >= 4 is 54.3 Å². The predicted octanol–water partition coefficient (Wildman–Crippen LogP) is 12.7. The minimum absolute atomic E-state index is 0.174. The van der Waals surface area contributed by atoms with Gasteiger partial charge in [0.15, 0.2) is 0 Å². The Morgan fingerprint density at radius 1 is 0.462 bits per heavy atom. The summed E-state index contributed by atoms with van der Waals surface area (Å²) in [6.45, 7) is 4.74. The third-order valence-electron chi connectivity index (χ3n) is 11.4. The van der Waals surface area contributed by atoms with Crippen LogP contribution in [0.5, 0.6) is 0 Å². The minimum atomic E-state index is -0.174. The first-order valence-corrected chi connectivity index (χ1v) is 18.0. The molecule has 0 saturated heterocycles. The van der Waals surface area contributed by atoms with Crippen LogP contribution in [0.4, 0.5) is 0 Å². The molecule has 1 aliphatic rings. The van der Waals surface area contributed by atoms with Crippen molar-refractivity contribution in [1.29, 1.82) is 0 Å². The van der Waals surface area contributed by atoms with E-state index >= 15 is 0 Å². The second-order valence-corrected chi connectivity index (χ2v) is 14.5. The second kappa shape index (κ2) is 10.7. The van der Waals surface area contributed by atoms with Crippen LogP contribution in [0.15, 0.2) is 164 Å². The Morgan fingerprint density at radius 3 is 1.92 bits per heavy atom. The molecule has 0 saturated carbocycles. The smallest absolute Gasteiger partial charge is 0.235 e. The molecule has 0 radical (unpaired) electrons. The molecule has 0 N–H and O–H groups in total. The molecule has 1 aliphatic carbocycles. The van der Waals surface area contributed by atoms with E-state index in [2.05, 4.69) is 182 Å². The zero-order chi connectivity index (χ0) is 34.6. The summed E-state index contributed by atoms with van der Waals surface area (Å²) in [6.07, 6.45) is 0.